The SMILES string of the molecule is CC1CN(C(CNC(=O)C2CCNC2)c2c(F)cccc2Cl)CCO1. The number of hydrogen-bond acceptors (Lipinski definition) is 4. The molecule has 138 valence electrons. The van der Waals surface area contributed by atoms with E-state index in [1.54, 1.807) is 12.1 Å². The zero-order valence-electron chi connectivity index (χ0n) is 14.4. The topological polar surface area (TPSA) is 53.6 Å². The molecule has 0 radical (unpaired) electrons. The maximum absolute atomic E-state index is 14.5. The van der Waals surface area contributed by atoms with E-state index < -0.39 is 0 Å². The molecule has 3 unspecified atom stereocenters. The van der Waals surface area contributed by atoms with Crippen molar-refractivity contribution in [2.24, 2.45) is 5.92 Å². The standard InChI is InChI=1S/C18H25ClFN3O2/c1-12-11-23(7-8-25-12)16(17-14(19)3-2-4-15(17)20)10-22-18(24)13-5-6-21-9-13/h2-4,12-13,16,21H,5-11H2,1H3,(H,22,24). The maximum atomic E-state index is 14.5. The number of benzene rings is 1. The largest absolute Gasteiger partial charge is 0.376 e. The minimum absolute atomic E-state index is 0.0136. The Balaban J connectivity index is 1.77. The molecule has 2 heterocycles. The van der Waals surface area contributed by atoms with Crippen molar-refractivity contribution >= 4 is 17.5 Å². The summed E-state index contributed by atoms with van der Waals surface area (Å²) in [7, 11) is 0. The van der Waals surface area contributed by atoms with Crippen molar-refractivity contribution in [2.45, 2.75) is 25.5 Å². The van der Waals surface area contributed by atoms with Crippen LogP contribution in [-0.2, 0) is 9.53 Å². The molecule has 2 aliphatic rings. The second-order valence-electron chi connectivity index (χ2n) is 6.76. The number of rotatable bonds is 5. The average molecular weight is 370 g/mol. The molecule has 0 saturated carbocycles. The first-order valence-corrected chi connectivity index (χ1v) is 9.22. The number of hydrogen-bond donors (Lipinski definition) is 2. The van der Waals surface area contributed by atoms with Crippen LogP contribution in [0.25, 0.3) is 0 Å². The lowest BCUT2D eigenvalue weighted by Gasteiger charge is -2.38. The molecule has 2 saturated heterocycles. The second-order valence-corrected chi connectivity index (χ2v) is 7.17. The summed E-state index contributed by atoms with van der Waals surface area (Å²) in [5.41, 5.74) is 0.447. The highest BCUT2D eigenvalue weighted by Crippen LogP contribution is 2.31. The zero-order chi connectivity index (χ0) is 17.8. The normalized spacial score (nSPS) is 25.7. The van der Waals surface area contributed by atoms with Gasteiger partial charge in [0.15, 0.2) is 0 Å². The number of amides is 1. The number of morpholine rings is 1. The van der Waals surface area contributed by atoms with Crippen LogP contribution in [0.4, 0.5) is 4.39 Å². The van der Waals surface area contributed by atoms with Crippen molar-refractivity contribution in [1.82, 2.24) is 15.5 Å². The van der Waals surface area contributed by atoms with Crippen molar-refractivity contribution < 1.29 is 13.9 Å². The Morgan fingerprint density at radius 3 is 3.08 bits per heavy atom. The highest BCUT2D eigenvalue weighted by molar-refractivity contribution is 6.31. The molecule has 2 fully saturated rings. The molecule has 2 N–H and O–H groups in total. The molecule has 1 aromatic carbocycles. The molecule has 25 heavy (non-hydrogen) atoms. The summed E-state index contributed by atoms with van der Waals surface area (Å²) < 4.78 is 20.1. The third kappa shape index (κ3) is 4.50. The van der Waals surface area contributed by atoms with Gasteiger partial charge >= 0.3 is 0 Å². The Kier molecular flexibility index (Phi) is 6.28. The molecule has 0 aromatic heterocycles. The Labute approximate surface area is 152 Å². The van der Waals surface area contributed by atoms with Gasteiger partial charge in [0.2, 0.25) is 5.91 Å². The van der Waals surface area contributed by atoms with Crippen molar-refractivity contribution in [2.75, 3.05) is 39.3 Å². The van der Waals surface area contributed by atoms with E-state index >= 15 is 0 Å². The molecule has 5 nitrogen and oxygen atoms in total. The third-order valence-electron chi connectivity index (χ3n) is 4.95. The predicted octanol–water partition coefficient (Wildman–Crippen LogP) is 1.97. The molecule has 7 heteroatoms. The van der Waals surface area contributed by atoms with E-state index in [1.807, 2.05) is 6.92 Å². The lowest BCUT2D eigenvalue weighted by Crippen LogP contribution is -2.47. The molecule has 0 aliphatic carbocycles. The molecule has 2 aliphatic heterocycles. The number of nitrogens with one attached hydrogen (secondary N) is 2. The Bertz CT molecular complexity index is 590. The Morgan fingerprint density at radius 2 is 2.40 bits per heavy atom. The molecular formula is C18H25ClFN3O2. The van der Waals surface area contributed by atoms with E-state index in [4.69, 9.17) is 16.3 Å². The fraction of sp³-hybridized carbons (Fsp3) is 0.611. The van der Waals surface area contributed by atoms with E-state index in [2.05, 4.69) is 15.5 Å². The van der Waals surface area contributed by atoms with Crippen LogP contribution < -0.4 is 10.6 Å². The minimum Gasteiger partial charge on any atom is -0.376 e. The second kappa shape index (κ2) is 8.45. The van der Waals surface area contributed by atoms with Crippen LogP contribution in [0, 0.1) is 11.7 Å². The predicted molar refractivity (Wildman–Crippen MR) is 95.1 cm³/mol. The summed E-state index contributed by atoms with van der Waals surface area (Å²) in [4.78, 5) is 14.5. The smallest absolute Gasteiger partial charge is 0.224 e. The quantitative estimate of drug-likeness (QED) is 0.833. The van der Waals surface area contributed by atoms with Crippen LogP contribution >= 0.6 is 11.6 Å². The molecular weight excluding hydrogens is 345 g/mol. The van der Waals surface area contributed by atoms with Gasteiger partial charge in [-0.1, -0.05) is 17.7 Å². The van der Waals surface area contributed by atoms with Gasteiger partial charge in [0.25, 0.3) is 0 Å². The van der Waals surface area contributed by atoms with Gasteiger partial charge in [-0.15, -0.1) is 0 Å². The summed E-state index contributed by atoms with van der Waals surface area (Å²) in [6.07, 6.45) is 0.905. The summed E-state index contributed by atoms with van der Waals surface area (Å²) in [6.45, 7) is 5.84. The van der Waals surface area contributed by atoms with Gasteiger partial charge in [0.1, 0.15) is 5.82 Å². The van der Waals surface area contributed by atoms with Crippen LogP contribution in [0.3, 0.4) is 0 Å². The number of halogens is 2. The summed E-state index contributed by atoms with van der Waals surface area (Å²) >= 11 is 6.30. The molecule has 0 bridgehead atoms. The van der Waals surface area contributed by atoms with Crippen molar-refractivity contribution in [3.05, 3.63) is 34.6 Å². The maximum Gasteiger partial charge on any atom is 0.224 e. The van der Waals surface area contributed by atoms with E-state index in [0.717, 1.165) is 13.0 Å². The third-order valence-corrected chi connectivity index (χ3v) is 5.28. The van der Waals surface area contributed by atoms with Crippen LogP contribution in [0.15, 0.2) is 18.2 Å². The first-order valence-electron chi connectivity index (χ1n) is 8.84. The summed E-state index contributed by atoms with van der Waals surface area (Å²) in [5, 5.41) is 6.58. The molecule has 0 spiro atoms. The van der Waals surface area contributed by atoms with Crippen LogP contribution in [0.5, 0.6) is 0 Å². The Morgan fingerprint density at radius 1 is 1.56 bits per heavy atom. The molecule has 1 aromatic rings. The van der Waals surface area contributed by atoms with Crippen molar-refractivity contribution in [3.8, 4) is 0 Å². The summed E-state index contributed by atoms with van der Waals surface area (Å²) in [5.74, 6) is -0.336. The van der Waals surface area contributed by atoms with Gasteiger partial charge in [0.05, 0.1) is 24.7 Å². The van der Waals surface area contributed by atoms with Gasteiger partial charge in [-0.3, -0.25) is 9.69 Å². The van der Waals surface area contributed by atoms with Crippen LogP contribution in [0.2, 0.25) is 5.02 Å². The monoisotopic (exact) mass is 369 g/mol. The van der Waals surface area contributed by atoms with E-state index in [9.17, 15) is 9.18 Å². The van der Waals surface area contributed by atoms with E-state index in [-0.39, 0.29) is 29.8 Å². The van der Waals surface area contributed by atoms with Gasteiger partial charge in [0, 0.05) is 36.8 Å². The van der Waals surface area contributed by atoms with Gasteiger partial charge in [-0.25, -0.2) is 4.39 Å². The van der Waals surface area contributed by atoms with Crippen molar-refractivity contribution in [1.29, 1.82) is 0 Å². The van der Waals surface area contributed by atoms with E-state index in [0.29, 0.717) is 43.4 Å². The fourth-order valence-corrected chi connectivity index (χ4v) is 3.88. The van der Waals surface area contributed by atoms with Crippen molar-refractivity contribution in [3.63, 3.8) is 0 Å². The van der Waals surface area contributed by atoms with Crippen LogP contribution in [0.1, 0.15) is 24.9 Å². The van der Waals surface area contributed by atoms with Gasteiger partial charge in [-0.05, 0) is 32.0 Å². The summed E-state index contributed by atoms with van der Waals surface area (Å²) in [6, 6.07) is 4.40. The first kappa shape index (κ1) is 18.6. The minimum atomic E-state index is -0.339. The number of carbonyl (C=O) groups is 1. The number of ether oxygens (including phenoxy) is 1. The number of nitrogens with zero attached hydrogens (tertiary/aromatic N) is 1. The lowest BCUT2D eigenvalue weighted by atomic mass is 10.0. The zero-order valence-corrected chi connectivity index (χ0v) is 15.2. The highest BCUT2D eigenvalue weighted by atomic mass is 35.5. The fourth-order valence-electron chi connectivity index (χ4n) is 3.59. The lowest BCUT2D eigenvalue weighted by molar-refractivity contribution is -0.124. The van der Waals surface area contributed by atoms with Gasteiger partial charge in [-0.2, -0.15) is 0 Å². The average Bonchev–Trinajstić information content (AvgIpc) is 3.12. The highest BCUT2D eigenvalue weighted by Gasteiger charge is 2.30. The number of carbonyl (C=O) groups excluding carboxylic acids is 1. The van der Waals surface area contributed by atoms with Crippen LogP contribution in [-0.4, -0.2) is 56.2 Å². The Hall–Kier alpha value is -1.21. The molecule has 1 amide bonds. The van der Waals surface area contributed by atoms with Gasteiger partial charge < -0.3 is 15.4 Å². The first-order chi connectivity index (χ1) is 12.1. The van der Waals surface area contributed by atoms with E-state index in [1.165, 1.54) is 6.07 Å². The molecule has 3 rings (SSSR count). The molecule has 3 atom stereocenters.